The molecule has 3 aromatic rings. The minimum Gasteiger partial charge on any atom is -0.473 e. The number of anilines is 2. The van der Waals surface area contributed by atoms with Crippen molar-refractivity contribution in [3.63, 3.8) is 0 Å². The van der Waals surface area contributed by atoms with Crippen LogP contribution in [0.2, 0.25) is 5.02 Å². The minimum atomic E-state index is -4.71. The lowest BCUT2D eigenvalue weighted by atomic mass is 10.2. The van der Waals surface area contributed by atoms with E-state index >= 15 is 0 Å². The van der Waals surface area contributed by atoms with Crippen LogP contribution in [0.1, 0.15) is 16.1 Å². The Kier molecular flexibility index (Phi) is 9.53. The Balaban J connectivity index is 0.000000757. The number of carbonyl (C=O) groups excluding carboxylic acids is 2. The first kappa shape index (κ1) is 29.3. The molecule has 1 aromatic heterocycles. The number of ether oxygens (including phenoxy) is 1. The predicted molar refractivity (Wildman–Crippen MR) is 124 cm³/mol. The van der Waals surface area contributed by atoms with E-state index in [9.17, 15) is 27.2 Å². The molecule has 16 heteroatoms. The summed E-state index contributed by atoms with van der Waals surface area (Å²) in [6.07, 6.45) is -3.42. The lowest BCUT2D eigenvalue weighted by Gasteiger charge is -2.13. The maximum Gasteiger partial charge on any atom is 0.417 e. The highest BCUT2D eigenvalue weighted by atomic mass is 35.5. The molecule has 0 bridgehead atoms. The number of aliphatic carboxylic acids is 2. The van der Waals surface area contributed by atoms with Crippen LogP contribution in [0, 0.1) is 5.82 Å². The lowest BCUT2D eigenvalue weighted by molar-refractivity contribution is -0.159. The van der Waals surface area contributed by atoms with Gasteiger partial charge in [-0.3, -0.25) is 9.78 Å². The molecule has 6 N–H and O–H groups in total. The predicted octanol–water partition coefficient (Wildman–Crippen LogP) is 4.58. The molecule has 2 aromatic carbocycles. The summed E-state index contributed by atoms with van der Waals surface area (Å²) in [5.74, 6) is -5.08. The molecule has 200 valence electrons. The van der Waals surface area contributed by atoms with E-state index in [0.717, 1.165) is 12.1 Å². The number of rotatable bonds is 5. The topological polar surface area (TPSA) is 181 Å². The third kappa shape index (κ3) is 8.63. The average Bonchev–Trinajstić information content (AvgIpc) is 2.82. The van der Waals surface area contributed by atoms with E-state index in [1.165, 1.54) is 36.5 Å². The summed E-state index contributed by atoms with van der Waals surface area (Å²) in [5.41, 5.74) is 3.51. The number of nitrogens with zero attached hydrogens (tertiary/aromatic N) is 1. The largest absolute Gasteiger partial charge is 0.473 e. The molecule has 3 rings (SSSR count). The average molecular weight is 559 g/mol. The van der Waals surface area contributed by atoms with Gasteiger partial charge < -0.3 is 31.3 Å². The van der Waals surface area contributed by atoms with Crippen LogP contribution in [-0.4, -0.2) is 39.1 Å². The summed E-state index contributed by atoms with van der Waals surface area (Å²) in [5, 5.41) is 18.6. The maximum absolute atomic E-state index is 14.4. The summed E-state index contributed by atoms with van der Waals surface area (Å²) < 4.78 is 58.5. The highest BCUT2D eigenvalue weighted by Gasteiger charge is 2.33. The number of nitrogens with two attached hydrogens (primary N) is 1. The number of nitrogens with one attached hydrogen (secondary N) is 2. The number of aromatic nitrogens is 1. The number of pyridine rings is 1. The highest BCUT2D eigenvalue weighted by Crippen LogP contribution is 2.36. The SMILES string of the molecule is NC(=O)c1cc(Oc2ccc(NC(=O)Nc3ccc(Cl)c(C(F)(F)F)c3)c(F)c2)ccn1.O=C(O)C(=O)O. The van der Waals surface area contributed by atoms with Gasteiger partial charge in [0.1, 0.15) is 23.0 Å². The van der Waals surface area contributed by atoms with Gasteiger partial charge in [0.2, 0.25) is 0 Å². The molecule has 0 radical (unpaired) electrons. The van der Waals surface area contributed by atoms with E-state index in [2.05, 4.69) is 15.6 Å². The zero-order chi connectivity index (χ0) is 28.6. The Morgan fingerprint density at radius 1 is 0.921 bits per heavy atom. The molecular formula is C22H15ClF4N4O7. The molecule has 0 aliphatic carbocycles. The van der Waals surface area contributed by atoms with Gasteiger partial charge in [0.25, 0.3) is 5.91 Å². The first-order chi connectivity index (χ1) is 17.7. The number of primary amides is 1. The molecule has 0 unspecified atom stereocenters. The van der Waals surface area contributed by atoms with Crippen LogP contribution in [0.5, 0.6) is 11.5 Å². The number of hydrogen-bond donors (Lipinski definition) is 5. The number of benzene rings is 2. The number of hydrogen-bond acceptors (Lipinski definition) is 6. The van der Waals surface area contributed by atoms with Gasteiger partial charge in [0.15, 0.2) is 0 Å². The summed E-state index contributed by atoms with van der Waals surface area (Å²) in [6.45, 7) is 0. The zero-order valence-electron chi connectivity index (χ0n) is 18.5. The van der Waals surface area contributed by atoms with E-state index in [4.69, 9.17) is 41.9 Å². The van der Waals surface area contributed by atoms with Gasteiger partial charge in [-0.15, -0.1) is 0 Å². The molecule has 0 fully saturated rings. The number of amides is 3. The van der Waals surface area contributed by atoms with Crippen LogP contribution in [0.4, 0.5) is 33.7 Å². The molecule has 0 aliphatic heterocycles. The Morgan fingerprint density at radius 3 is 2.11 bits per heavy atom. The van der Waals surface area contributed by atoms with Crippen molar-refractivity contribution in [1.29, 1.82) is 0 Å². The third-order valence-corrected chi connectivity index (χ3v) is 4.45. The van der Waals surface area contributed by atoms with Crippen LogP contribution in [0.25, 0.3) is 0 Å². The second-order valence-electron chi connectivity index (χ2n) is 6.87. The Labute approximate surface area is 214 Å². The van der Waals surface area contributed by atoms with Crippen LogP contribution < -0.4 is 21.1 Å². The van der Waals surface area contributed by atoms with Crippen molar-refractivity contribution in [2.75, 3.05) is 10.6 Å². The fraction of sp³-hybridized carbons (Fsp3) is 0.0455. The Morgan fingerprint density at radius 2 is 1.55 bits per heavy atom. The van der Waals surface area contributed by atoms with Gasteiger partial charge >= 0.3 is 24.1 Å². The summed E-state index contributed by atoms with van der Waals surface area (Å²) in [7, 11) is 0. The standard InChI is InChI=1S/C20H13ClF4N4O3.C2H2O4/c21-14-3-1-10(7-13(14)20(23,24)25)28-19(31)29-16-4-2-11(8-15(16)22)32-12-5-6-27-17(9-12)18(26)30;3-1(4)2(5)6/h1-9H,(H2,26,30)(H2,28,29,31);(H,3,4)(H,5,6). The van der Waals surface area contributed by atoms with E-state index in [1.54, 1.807) is 0 Å². The van der Waals surface area contributed by atoms with E-state index in [0.29, 0.717) is 6.07 Å². The van der Waals surface area contributed by atoms with Crippen molar-refractivity contribution in [1.82, 2.24) is 4.98 Å². The number of carboxylic acid groups (broad SMARTS) is 2. The fourth-order valence-electron chi connectivity index (χ4n) is 2.51. The first-order valence-electron chi connectivity index (χ1n) is 9.81. The summed E-state index contributed by atoms with van der Waals surface area (Å²) in [4.78, 5) is 45.2. The van der Waals surface area contributed by atoms with Gasteiger partial charge in [0, 0.05) is 24.0 Å². The number of halogens is 5. The quantitative estimate of drug-likeness (QED) is 0.223. The van der Waals surface area contributed by atoms with Crippen LogP contribution >= 0.6 is 11.6 Å². The number of urea groups is 1. The molecule has 0 saturated carbocycles. The minimum absolute atomic E-state index is 0.0441. The van der Waals surface area contributed by atoms with E-state index in [1.807, 2.05) is 0 Å². The third-order valence-electron chi connectivity index (χ3n) is 4.12. The summed E-state index contributed by atoms with van der Waals surface area (Å²) in [6, 6.07) is 7.99. The normalized spacial score (nSPS) is 10.4. The molecule has 1 heterocycles. The molecular weight excluding hydrogens is 544 g/mol. The lowest BCUT2D eigenvalue weighted by Crippen LogP contribution is -2.20. The highest BCUT2D eigenvalue weighted by molar-refractivity contribution is 6.31. The van der Waals surface area contributed by atoms with Crippen LogP contribution in [-0.2, 0) is 15.8 Å². The van der Waals surface area contributed by atoms with Crippen molar-refractivity contribution in [3.8, 4) is 11.5 Å². The Bertz CT molecular complexity index is 1370. The van der Waals surface area contributed by atoms with Crippen LogP contribution in [0.3, 0.4) is 0 Å². The molecule has 0 aliphatic rings. The van der Waals surface area contributed by atoms with Gasteiger partial charge in [0.05, 0.1) is 16.3 Å². The van der Waals surface area contributed by atoms with E-state index in [-0.39, 0.29) is 28.6 Å². The first-order valence-corrected chi connectivity index (χ1v) is 10.2. The smallest absolute Gasteiger partial charge is 0.417 e. The molecule has 38 heavy (non-hydrogen) atoms. The number of alkyl halides is 3. The Hall–Kier alpha value is -4.92. The fourth-order valence-corrected chi connectivity index (χ4v) is 2.74. The van der Waals surface area contributed by atoms with Gasteiger partial charge in [-0.1, -0.05) is 11.6 Å². The van der Waals surface area contributed by atoms with Crippen molar-refractivity contribution < 1.29 is 51.7 Å². The monoisotopic (exact) mass is 558 g/mol. The second kappa shape index (κ2) is 12.4. The molecule has 11 nitrogen and oxygen atoms in total. The van der Waals surface area contributed by atoms with Crippen molar-refractivity contribution in [3.05, 3.63) is 76.8 Å². The van der Waals surface area contributed by atoms with Gasteiger partial charge in [-0.05, 0) is 36.4 Å². The van der Waals surface area contributed by atoms with Crippen molar-refractivity contribution >= 4 is 46.9 Å². The zero-order valence-corrected chi connectivity index (χ0v) is 19.3. The van der Waals surface area contributed by atoms with Crippen molar-refractivity contribution in [2.45, 2.75) is 6.18 Å². The number of carbonyl (C=O) groups is 4. The van der Waals surface area contributed by atoms with Gasteiger partial charge in [-0.25, -0.2) is 18.8 Å². The van der Waals surface area contributed by atoms with Gasteiger partial charge in [-0.2, -0.15) is 13.2 Å². The molecule has 0 saturated heterocycles. The molecule has 0 atom stereocenters. The molecule has 3 amide bonds. The van der Waals surface area contributed by atoms with Crippen LogP contribution in [0.15, 0.2) is 54.7 Å². The van der Waals surface area contributed by atoms with Crippen molar-refractivity contribution in [2.24, 2.45) is 5.73 Å². The molecule has 0 spiro atoms. The second-order valence-corrected chi connectivity index (χ2v) is 7.27. The summed E-state index contributed by atoms with van der Waals surface area (Å²) >= 11 is 5.53. The number of carboxylic acids is 2. The maximum atomic E-state index is 14.4. The van der Waals surface area contributed by atoms with E-state index < -0.39 is 46.5 Å².